The molecule has 0 radical (unpaired) electrons. The van der Waals surface area contributed by atoms with E-state index in [1.807, 2.05) is 44.2 Å². The van der Waals surface area contributed by atoms with Gasteiger partial charge >= 0.3 is 0 Å². The third kappa shape index (κ3) is 3.33. The fraction of sp³-hybridized carbons (Fsp3) is 0.375. The van der Waals surface area contributed by atoms with Crippen LogP contribution in [0.4, 0.5) is 0 Å². The van der Waals surface area contributed by atoms with E-state index in [1.54, 1.807) is 0 Å². The lowest BCUT2D eigenvalue weighted by atomic mass is 9.98. The van der Waals surface area contributed by atoms with Gasteiger partial charge in [-0.05, 0) is 44.0 Å². The Balaban J connectivity index is 2.14. The van der Waals surface area contributed by atoms with Gasteiger partial charge in [0.25, 0.3) is 0 Å². The number of aromatic nitrogens is 2. The second-order valence-electron chi connectivity index (χ2n) is 4.96. The van der Waals surface area contributed by atoms with Crippen LogP contribution in [0.2, 0.25) is 0 Å². The second-order valence-corrected chi connectivity index (χ2v) is 4.96. The Kier molecular flexibility index (Phi) is 4.69. The van der Waals surface area contributed by atoms with Gasteiger partial charge in [-0.3, -0.25) is 0 Å². The summed E-state index contributed by atoms with van der Waals surface area (Å²) < 4.78 is 5.68. The first-order valence-corrected chi connectivity index (χ1v) is 6.83. The van der Waals surface area contributed by atoms with E-state index in [1.165, 1.54) is 0 Å². The molecule has 0 amide bonds. The van der Waals surface area contributed by atoms with Crippen molar-refractivity contribution in [2.75, 3.05) is 6.54 Å². The lowest BCUT2D eigenvalue weighted by Crippen LogP contribution is -2.15. The average Bonchev–Trinajstić information content (AvgIpc) is 2.45. The first-order chi connectivity index (χ1) is 9.61. The summed E-state index contributed by atoms with van der Waals surface area (Å²) in [4.78, 5) is 9.05. The van der Waals surface area contributed by atoms with Crippen molar-refractivity contribution in [2.45, 2.75) is 33.3 Å². The van der Waals surface area contributed by atoms with Crippen molar-refractivity contribution in [1.82, 2.24) is 9.97 Å². The average molecular weight is 271 g/mol. The van der Waals surface area contributed by atoms with Crippen molar-refractivity contribution in [1.29, 1.82) is 0 Å². The predicted octanol–water partition coefficient (Wildman–Crippen LogP) is 2.73. The molecule has 0 aliphatic carbocycles. The van der Waals surface area contributed by atoms with Crippen LogP contribution in [0.1, 0.15) is 35.6 Å². The summed E-state index contributed by atoms with van der Waals surface area (Å²) in [7, 11) is 0. The number of ether oxygens (including phenoxy) is 1. The molecule has 0 bridgehead atoms. The molecule has 1 heterocycles. The van der Waals surface area contributed by atoms with Crippen LogP contribution in [-0.4, -0.2) is 16.5 Å². The molecule has 0 fully saturated rings. The molecule has 1 atom stereocenters. The summed E-state index contributed by atoms with van der Waals surface area (Å²) in [5.41, 5.74) is 8.86. The van der Waals surface area contributed by atoms with E-state index in [0.29, 0.717) is 19.0 Å². The molecule has 0 saturated carbocycles. The first-order valence-electron chi connectivity index (χ1n) is 6.83. The van der Waals surface area contributed by atoms with Gasteiger partial charge < -0.3 is 10.5 Å². The van der Waals surface area contributed by atoms with Crippen LogP contribution in [-0.2, 0) is 6.61 Å². The van der Waals surface area contributed by atoms with Gasteiger partial charge in [0.15, 0.2) is 5.82 Å². The van der Waals surface area contributed by atoms with Crippen molar-refractivity contribution in [3.8, 4) is 5.75 Å². The molecule has 0 aliphatic rings. The van der Waals surface area contributed by atoms with Gasteiger partial charge in [-0.1, -0.05) is 25.1 Å². The Morgan fingerprint density at radius 2 is 1.70 bits per heavy atom. The molecule has 1 unspecified atom stereocenters. The van der Waals surface area contributed by atoms with Crippen molar-refractivity contribution in [2.24, 2.45) is 5.73 Å². The Hall–Kier alpha value is -1.94. The zero-order chi connectivity index (χ0) is 14.5. The normalized spacial score (nSPS) is 12.2. The maximum Gasteiger partial charge on any atom is 0.166 e. The molecular formula is C16H21N3O. The van der Waals surface area contributed by atoms with Crippen molar-refractivity contribution < 1.29 is 4.74 Å². The molecule has 106 valence electrons. The summed E-state index contributed by atoms with van der Waals surface area (Å²) in [5, 5.41) is 0. The Labute approximate surface area is 120 Å². The summed E-state index contributed by atoms with van der Waals surface area (Å²) in [6, 6.07) is 9.69. The number of benzene rings is 1. The number of rotatable bonds is 5. The molecule has 0 aliphatic heterocycles. The van der Waals surface area contributed by atoms with Crippen LogP contribution >= 0.6 is 0 Å². The molecule has 1 aromatic carbocycles. The van der Waals surface area contributed by atoms with Crippen molar-refractivity contribution >= 4 is 0 Å². The highest BCUT2D eigenvalue weighted by atomic mass is 16.5. The lowest BCUT2D eigenvalue weighted by molar-refractivity contribution is 0.295. The van der Waals surface area contributed by atoms with Crippen LogP contribution in [0.25, 0.3) is 0 Å². The van der Waals surface area contributed by atoms with Crippen LogP contribution in [0.15, 0.2) is 30.3 Å². The van der Waals surface area contributed by atoms with Gasteiger partial charge in [0.05, 0.1) is 0 Å². The number of nitrogens with two attached hydrogens (primary N) is 1. The monoisotopic (exact) mass is 271 g/mol. The smallest absolute Gasteiger partial charge is 0.166 e. The minimum absolute atomic E-state index is 0.277. The van der Waals surface area contributed by atoms with E-state index >= 15 is 0 Å². The standard InChI is InChI=1S/C16H21N3O/c1-11(9-17)16-12(2)18-15(19-13(16)3)10-20-14-7-5-4-6-8-14/h4-8,11H,9-10,17H2,1-3H3. The van der Waals surface area contributed by atoms with Crippen LogP contribution in [0.5, 0.6) is 5.75 Å². The summed E-state index contributed by atoms with van der Waals surface area (Å²) >= 11 is 0. The molecular weight excluding hydrogens is 250 g/mol. The molecule has 0 spiro atoms. The Bertz CT molecular complexity index is 546. The van der Waals surface area contributed by atoms with Gasteiger partial charge in [-0.25, -0.2) is 9.97 Å². The molecule has 1 aromatic heterocycles. The highest BCUT2D eigenvalue weighted by Gasteiger charge is 2.14. The highest BCUT2D eigenvalue weighted by molar-refractivity contribution is 5.28. The third-order valence-electron chi connectivity index (χ3n) is 3.33. The van der Waals surface area contributed by atoms with Gasteiger partial charge in [-0.15, -0.1) is 0 Å². The number of aryl methyl sites for hydroxylation is 2. The summed E-state index contributed by atoms with van der Waals surface area (Å²) in [6.07, 6.45) is 0. The maximum atomic E-state index is 5.73. The summed E-state index contributed by atoms with van der Waals surface area (Å²) in [6.45, 7) is 7.08. The molecule has 2 rings (SSSR count). The number of hydrogen-bond acceptors (Lipinski definition) is 4. The molecule has 2 N–H and O–H groups in total. The second kappa shape index (κ2) is 6.48. The van der Waals surface area contributed by atoms with Crippen LogP contribution in [0.3, 0.4) is 0 Å². The molecule has 4 nitrogen and oxygen atoms in total. The fourth-order valence-corrected chi connectivity index (χ4v) is 2.35. The molecule has 4 heteroatoms. The lowest BCUT2D eigenvalue weighted by Gasteiger charge is -2.15. The van der Waals surface area contributed by atoms with E-state index in [0.717, 1.165) is 22.7 Å². The van der Waals surface area contributed by atoms with E-state index < -0.39 is 0 Å². The predicted molar refractivity (Wildman–Crippen MR) is 79.7 cm³/mol. The van der Waals surface area contributed by atoms with Gasteiger partial charge in [0.2, 0.25) is 0 Å². The van der Waals surface area contributed by atoms with E-state index in [-0.39, 0.29) is 5.92 Å². The zero-order valence-electron chi connectivity index (χ0n) is 12.3. The van der Waals surface area contributed by atoms with E-state index in [2.05, 4.69) is 16.9 Å². The largest absolute Gasteiger partial charge is 0.486 e. The van der Waals surface area contributed by atoms with E-state index in [4.69, 9.17) is 10.5 Å². The minimum atomic E-state index is 0.277. The topological polar surface area (TPSA) is 61.0 Å². The first kappa shape index (κ1) is 14.5. The number of hydrogen-bond donors (Lipinski definition) is 1. The van der Waals surface area contributed by atoms with Gasteiger partial charge in [-0.2, -0.15) is 0 Å². The number of nitrogens with zero attached hydrogens (tertiary/aromatic N) is 2. The Morgan fingerprint density at radius 1 is 1.10 bits per heavy atom. The maximum absolute atomic E-state index is 5.73. The van der Waals surface area contributed by atoms with Gasteiger partial charge in [0, 0.05) is 11.4 Å². The Morgan fingerprint density at radius 3 is 2.25 bits per heavy atom. The molecule has 0 saturated heterocycles. The van der Waals surface area contributed by atoms with Crippen molar-refractivity contribution in [3.63, 3.8) is 0 Å². The third-order valence-corrected chi connectivity index (χ3v) is 3.33. The zero-order valence-corrected chi connectivity index (χ0v) is 12.3. The number of para-hydroxylation sites is 1. The highest BCUT2D eigenvalue weighted by Crippen LogP contribution is 2.20. The minimum Gasteiger partial charge on any atom is -0.486 e. The van der Waals surface area contributed by atoms with E-state index in [9.17, 15) is 0 Å². The van der Waals surface area contributed by atoms with Crippen molar-refractivity contribution in [3.05, 3.63) is 53.1 Å². The quantitative estimate of drug-likeness (QED) is 0.908. The van der Waals surface area contributed by atoms with Gasteiger partial charge in [0.1, 0.15) is 12.4 Å². The SMILES string of the molecule is Cc1nc(COc2ccccc2)nc(C)c1C(C)CN. The fourth-order valence-electron chi connectivity index (χ4n) is 2.35. The molecule has 20 heavy (non-hydrogen) atoms. The van der Waals surface area contributed by atoms with Crippen LogP contribution < -0.4 is 10.5 Å². The summed E-state index contributed by atoms with van der Waals surface area (Å²) in [5.74, 6) is 1.81. The van der Waals surface area contributed by atoms with Crippen LogP contribution in [0, 0.1) is 13.8 Å². The molecule has 2 aromatic rings.